The Bertz CT molecular complexity index is 351. The van der Waals surface area contributed by atoms with E-state index in [2.05, 4.69) is 4.90 Å². The first-order valence-corrected chi connectivity index (χ1v) is 5.79. The van der Waals surface area contributed by atoms with Crippen LogP contribution in [0.5, 0.6) is 0 Å². The van der Waals surface area contributed by atoms with Crippen LogP contribution in [-0.2, 0) is 6.54 Å². The number of aromatic carboxylic acids is 1. The van der Waals surface area contributed by atoms with Gasteiger partial charge in [0.25, 0.3) is 0 Å². The van der Waals surface area contributed by atoms with E-state index in [4.69, 9.17) is 9.52 Å². The zero-order chi connectivity index (χ0) is 11.4. The van der Waals surface area contributed by atoms with Gasteiger partial charge in [0.2, 0.25) is 0 Å². The van der Waals surface area contributed by atoms with Crippen LogP contribution in [0, 0.1) is 0 Å². The Morgan fingerprint density at radius 3 is 2.62 bits per heavy atom. The summed E-state index contributed by atoms with van der Waals surface area (Å²) in [5, 5.41) is 8.96. The molecule has 4 nitrogen and oxygen atoms in total. The zero-order valence-corrected chi connectivity index (χ0v) is 9.32. The normalized spacial score (nSPS) is 18.2. The van der Waals surface area contributed by atoms with E-state index in [0.29, 0.717) is 17.9 Å². The van der Waals surface area contributed by atoms with E-state index in [1.807, 2.05) is 0 Å². The number of nitrogens with zero attached hydrogens (tertiary/aromatic N) is 1. The van der Waals surface area contributed by atoms with Gasteiger partial charge < -0.3 is 9.52 Å². The van der Waals surface area contributed by atoms with Crippen LogP contribution >= 0.6 is 0 Å². The summed E-state index contributed by atoms with van der Waals surface area (Å²) >= 11 is 0. The zero-order valence-electron chi connectivity index (χ0n) is 9.32. The largest absolute Gasteiger partial charge is 0.478 e. The number of carbonyl (C=O) groups is 1. The number of likely N-dealkylation sites (tertiary alicyclic amines) is 1. The number of carboxylic acid groups (broad SMARTS) is 1. The number of rotatable bonds is 3. The molecule has 0 atom stereocenters. The molecule has 1 saturated heterocycles. The molecule has 16 heavy (non-hydrogen) atoms. The predicted molar refractivity (Wildman–Crippen MR) is 59.4 cm³/mol. The van der Waals surface area contributed by atoms with Crippen molar-refractivity contribution in [1.82, 2.24) is 4.90 Å². The molecule has 0 saturated carbocycles. The van der Waals surface area contributed by atoms with E-state index in [1.165, 1.54) is 38.0 Å². The molecule has 4 heteroatoms. The summed E-state index contributed by atoms with van der Waals surface area (Å²) in [4.78, 5) is 13.2. The topological polar surface area (TPSA) is 53.7 Å². The summed E-state index contributed by atoms with van der Waals surface area (Å²) in [7, 11) is 0. The highest BCUT2D eigenvalue weighted by atomic mass is 16.4. The van der Waals surface area contributed by atoms with Gasteiger partial charge in [0.05, 0.1) is 12.8 Å². The third-order valence-corrected chi connectivity index (χ3v) is 3.04. The summed E-state index contributed by atoms with van der Waals surface area (Å²) in [5.41, 5.74) is 0.296. The second-order valence-electron chi connectivity index (χ2n) is 4.25. The minimum absolute atomic E-state index is 0.296. The first-order chi connectivity index (χ1) is 7.77. The lowest BCUT2D eigenvalue weighted by molar-refractivity contribution is 0.0692. The lowest BCUT2D eigenvalue weighted by Crippen LogP contribution is -2.24. The van der Waals surface area contributed by atoms with Crippen LogP contribution in [0.1, 0.15) is 41.8 Å². The van der Waals surface area contributed by atoms with E-state index in [9.17, 15) is 4.79 Å². The Hall–Kier alpha value is -1.29. The molecule has 2 rings (SSSR count). The molecule has 0 radical (unpaired) electrons. The molecular formula is C12H17NO3. The molecule has 0 unspecified atom stereocenters. The van der Waals surface area contributed by atoms with Crippen LogP contribution in [-0.4, -0.2) is 29.1 Å². The van der Waals surface area contributed by atoms with Gasteiger partial charge in [-0.15, -0.1) is 0 Å². The molecular weight excluding hydrogens is 206 g/mol. The smallest absolute Gasteiger partial charge is 0.339 e. The van der Waals surface area contributed by atoms with E-state index >= 15 is 0 Å². The number of furan rings is 1. The van der Waals surface area contributed by atoms with Gasteiger partial charge in [0.1, 0.15) is 11.3 Å². The van der Waals surface area contributed by atoms with Crippen molar-refractivity contribution < 1.29 is 14.3 Å². The van der Waals surface area contributed by atoms with Crippen LogP contribution < -0.4 is 0 Å². The lowest BCUT2D eigenvalue weighted by atomic mass is 10.2. The molecule has 1 aliphatic rings. The van der Waals surface area contributed by atoms with Gasteiger partial charge in [-0.1, -0.05) is 12.8 Å². The average molecular weight is 223 g/mol. The van der Waals surface area contributed by atoms with Crippen molar-refractivity contribution in [2.45, 2.75) is 32.2 Å². The Morgan fingerprint density at radius 2 is 2.00 bits per heavy atom. The minimum atomic E-state index is -0.904. The van der Waals surface area contributed by atoms with Gasteiger partial charge in [0.15, 0.2) is 0 Å². The van der Waals surface area contributed by atoms with Crippen molar-refractivity contribution >= 4 is 5.97 Å². The maximum Gasteiger partial charge on any atom is 0.339 e. The van der Waals surface area contributed by atoms with Crippen molar-refractivity contribution in [3.05, 3.63) is 23.7 Å². The Kier molecular flexibility index (Phi) is 3.62. The Morgan fingerprint density at radius 1 is 1.31 bits per heavy atom. The summed E-state index contributed by atoms with van der Waals surface area (Å²) in [6, 6.07) is 1.52. The van der Waals surface area contributed by atoms with Crippen LogP contribution in [0.3, 0.4) is 0 Å². The highest BCUT2D eigenvalue weighted by Crippen LogP contribution is 2.16. The van der Waals surface area contributed by atoms with Gasteiger partial charge in [-0.05, 0) is 32.0 Å². The molecule has 0 amide bonds. The van der Waals surface area contributed by atoms with Gasteiger partial charge in [-0.2, -0.15) is 0 Å². The Balaban J connectivity index is 2.01. The molecule has 0 spiro atoms. The third-order valence-electron chi connectivity index (χ3n) is 3.04. The molecule has 88 valence electrons. The third kappa shape index (κ3) is 2.64. The highest BCUT2D eigenvalue weighted by Gasteiger charge is 2.17. The van der Waals surface area contributed by atoms with E-state index in [0.717, 1.165) is 13.1 Å². The summed E-state index contributed by atoms with van der Waals surface area (Å²) < 4.78 is 5.25. The predicted octanol–water partition coefficient (Wildman–Crippen LogP) is 2.35. The van der Waals surface area contributed by atoms with Crippen LogP contribution in [0.4, 0.5) is 0 Å². The van der Waals surface area contributed by atoms with Crippen molar-refractivity contribution in [1.29, 1.82) is 0 Å². The lowest BCUT2D eigenvalue weighted by Gasteiger charge is -2.18. The SMILES string of the molecule is O=C(O)c1ccoc1CN1CCCCCC1. The molecule has 2 heterocycles. The maximum absolute atomic E-state index is 10.9. The number of hydrogen-bond donors (Lipinski definition) is 1. The highest BCUT2D eigenvalue weighted by molar-refractivity contribution is 5.88. The quantitative estimate of drug-likeness (QED) is 0.854. The summed E-state index contributed by atoms with van der Waals surface area (Å²) in [6.07, 6.45) is 6.41. The van der Waals surface area contributed by atoms with Crippen LogP contribution in [0.25, 0.3) is 0 Å². The second-order valence-corrected chi connectivity index (χ2v) is 4.25. The molecule has 1 aromatic heterocycles. The van der Waals surface area contributed by atoms with E-state index in [-0.39, 0.29) is 0 Å². The van der Waals surface area contributed by atoms with Crippen LogP contribution in [0.2, 0.25) is 0 Å². The van der Waals surface area contributed by atoms with Crippen molar-refractivity contribution in [3.63, 3.8) is 0 Å². The van der Waals surface area contributed by atoms with E-state index < -0.39 is 5.97 Å². The van der Waals surface area contributed by atoms with E-state index in [1.54, 1.807) is 0 Å². The fourth-order valence-electron chi connectivity index (χ4n) is 2.15. The minimum Gasteiger partial charge on any atom is -0.478 e. The van der Waals surface area contributed by atoms with Crippen molar-refractivity contribution in [2.75, 3.05) is 13.1 Å². The maximum atomic E-state index is 10.9. The van der Waals surface area contributed by atoms with Gasteiger partial charge in [0, 0.05) is 0 Å². The fourth-order valence-corrected chi connectivity index (χ4v) is 2.15. The fraction of sp³-hybridized carbons (Fsp3) is 0.583. The second kappa shape index (κ2) is 5.16. The summed E-state index contributed by atoms with van der Waals surface area (Å²) in [5.74, 6) is -0.326. The Labute approximate surface area is 94.9 Å². The molecule has 1 fully saturated rings. The molecule has 1 aromatic rings. The molecule has 1 aliphatic heterocycles. The first-order valence-electron chi connectivity index (χ1n) is 5.79. The summed E-state index contributed by atoms with van der Waals surface area (Å²) in [6.45, 7) is 2.70. The number of hydrogen-bond acceptors (Lipinski definition) is 3. The number of carboxylic acids is 1. The van der Waals surface area contributed by atoms with Crippen molar-refractivity contribution in [2.24, 2.45) is 0 Å². The standard InChI is InChI=1S/C12H17NO3/c14-12(15)10-5-8-16-11(10)9-13-6-3-1-2-4-7-13/h5,8H,1-4,6-7,9H2,(H,14,15). The molecule has 0 bridgehead atoms. The van der Waals surface area contributed by atoms with Gasteiger partial charge in [-0.25, -0.2) is 4.79 Å². The monoisotopic (exact) mass is 223 g/mol. The van der Waals surface area contributed by atoms with Crippen molar-refractivity contribution in [3.8, 4) is 0 Å². The van der Waals surface area contributed by atoms with Crippen LogP contribution in [0.15, 0.2) is 16.7 Å². The van der Waals surface area contributed by atoms with Gasteiger partial charge >= 0.3 is 5.97 Å². The molecule has 0 aliphatic carbocycles. The average Bonchev–Trinajstić information content (AvgIpc) is 2.55. The van der Waals surface area contributed by atoms with Gasteiger partial charge in [-0.3, -0.25) is 4.90 Å². The molecule has 0 aromatic carbocycles. The first kappa shape index (κ1) is 11.2. The molecule has 1 N–H and O–H groups in total.